The summed E-state index contributed by atoms with van der Waals surface area (Å²) in [6.45, 7) is 2.47. The van der Waals surface area contributed by atoms with Gasteiger partial charge in [0.2, 0.25) is 0 Å². The van der Waals surface area contributed by atoms with Gasteiger partial charge in [0.1, 0.15) is 0 Å². The van der Waals surface area contributed by atoms with Crippen LogP contribution in [0.3, 0.4) is 0 Å². The predicted octanol–water partition coefficient (Wildman–Crippen LogP) is 1.69. The number of nitrogens with zero attached hydrogens (tertiary/aromatic N) is 1. The van der Waals surface area contributed by atoms with Gasteiger partial charge in [0.25, 0.3) is 11.8 Å². The molecule has 2 aromatic rings. The Morgan fingerprint density at radius 1 is 0.958 bits per heavy atom. The average Bonchev–Trinajstić information content (AvgIpc) is 3.23. The first kappa shape index (κ1) is 15.1. The molecule has 1 atom stereocenters. The summed E-state index contributed by atoms with van der Waals surface area (Å²) in [5.41, 5.74) is 1.02. The van der Waals surface area contributed by atoms with Crippen LogP contribution in [0.5, 0.6) is 0 Å². The third-order valence-electron chi connectivity index (χ3n) is 5.12. The quantitative estimate of drug-likeness (QED) is 0.870. The fourth-order valence-corrected chi connectivity index (χ4v) is 3.85. The number of quaternary nitrogens is 1. The van der Waals surface area contributed by atoms with Crippen LogP contribution in [0.4, 0.5) is 0 Å². The molecule has 4 rings (SSSR count). The molecule has 0 saturated carbocycles. The number of piperidine rings is 1. The van der Waals surface area contributed by atoms with E-state index in [2.05, 4.69) is 0 Å². The number of furan rings is 1. The lowest BCUT2D eigenvalue weighted by Gasteiger charge is -2.32. The predicted molar refractivity (Wildman–Crippen MR) is 87.8 cm³/mol. The summed E-state index contributed by atoms with van der Waals surface area (Å²) in [5.74, 6) is 0.468. The Morgan fingerprint density at radius 3 is 2.21 bits per heavy atom. The van der Waals surface area contributed by atoms with Gasteiger partial charge in [-0.3, -0.25) is 14.5 Å². The Kier molecular flexibility index (Phi) is 3.94. The molecule has 1 aromatic carbocycles. The largest absolute Gasteiger partial charge is 0.463 e. The number of hydrogen-bond donors (Lipinski definition) is 1. The van der Waals surface area contributed by atoms with Crippen LogP contribution in [0.1, 0.15) is 51.8 Å². The van der Waals surface area contributed by atoms with Gasteiger partial charge >= 0.3 is 0 Å². The van der Waals surface area contributed by atoms with E-state index >= 15 is 0 Å². The van der Waals surface area contributed by atoms with Gasteiger partial charge in [0.15, 0.2) is 11.8 Å². The molecular weight excluding hydrogens is 304 g/mol. The first-order valence-corrected chi connectivity index (χ1v) is 8.59. The van der Waals surface area contributed by atoms with Crippen molar-refractivity contribution in [2.45, 2.75) is 25.3 Å². The van der Waals surface area contributed by atoms with Crippen molar-refractivity contribution in [3.63, 3.8) is 0 Å². The van der Waals surface area contributed by atoms with Crippen LogP contribution >= 0.6 is 0 Å². The van der Waals surface area contributed by atoms with Gasteiger partial charge in [-0.05, 0) is 43.5 Å². The summed E-state index contributed by atoms with van der Waals surface area (Å²) in [6, 6.07) is 10.9. The fraction of sp³-hybridized carbons (Fsp3) is 0.368. The number of benzene rings is 1. The van der Waals surface area contributed by atoms with Gasteiger partial charge in [0.05, 0.1) is 37.0 Å². The van der Waals surface area contributed by atoms with Gasteiger partial charge in [-0.15, -0.1) is 0 Å². The molecule has 1 fully saturated rings. The molecule has 1 N–H and O–H groups in total. The van der Waals surface area contributed by atoms with Crippen molar-refractivity contribution in [1.82, 2.24) is 4.90 Å². The smallest absolute Gasteiger partial charge is 0.261 e. The van der Waals surface area contributed by atoms with Crippen LogP contribution in [0.15, 0.2) is 47.1 Å². The number of carbonyl (C=O) groups is 2. The number of rotatable bonds is 4. The molecule has 5 nitrogen and oxygen atoms in total. The molecule has 124 valence electrons. The summed E-state index contributed by atoms with van der Waals surface area (Å²) in [6.07, 6.45) is 5.26. The standard InChI is InChI=1S/C19H20N2O3/c22-18-14-7-2-3-8-15(14)19(23)21(18)13-16(17-9-6-12-24-17)20-10-4-1-5-11-20/h2-3,6-9,12,16H,1,4-5,10-11,13H2/p+1/t16-/m0/s1. The highest BCUT2D eigenvalue weighted by molar-refractivity contribution is 6.21. The van der Waals surface area contributed by atoms with Crippen molar-refractivity contribution in [2.24, 2.45) is 0 Å². The molecule has 5 heteroatoms. The molecule has 24 heavy (non-hydrogen) atoms. The first-order valence-electron chi connectivity index (χ1n) is 8.59. The Hall–Kier alpha value is -2.40. The number of fused-ring (bicyclic) bond motifs is 1. The Labute approximate surface area is 140 Å². The zero-order valence-corrected chi connectivity index (χ0v) is 13.5. The van der Waals surface area contributed by atoms with Crippen molar-refractivity contribution < 1.29 is 18.9 Å². The lowest BCUT2D eigenvalue weighted by atomic mass is 10.1. The lowest BCUT2D eigenvalue weighted by Crippen LogP contribution is -3.13. The number of likely N-dealkylation sites (tertiary alicyclic amines) is 1. The molecule has 0 aliphatic carbocycles. The van der Waals surface area contributed by atoms with E-state index in [0.717, 1.165) is 18.8 Å². The Balaban J connectivity index is 1.61. The van der Waals surface area contributed by atoms with E-state index < -0.39 is 0 Å². The summed E-state index contributed by atoms with van der Waals surface area (Å²) in [5, 5.41) is 0. The van der Waals surface area contributed by atoms with E-state index in [1.165, 1.54) is 29.1 Å². The number of nitrogens with one attached hydrogen (secondary N) is 1. The molecule has 1 aromatic heterocycles. The van der Waals surface area contributed by atoms with Crippen LogP contribution in [0.25, 0.3) is 0 Å². The zero-order chi connectivity index (χ0) is 16.5. The van der Waals surface area contributed by atoms with Crippen molar-refractivity contribution in [2.75, 3.05) is 19.6 Å². The minimum atomic E-state index is -0.191. The van der Waals surface area contributed by atoms with Crippen LogP contribution in [0, 0.1) is 0 Å². The lowest BCUT2D eigenvalue weighted by molar-refractivity contribution is -0.936. The molecule has 2 aliphatic heterocycles. The van der Waals surface area contributed by atoms with E-state index in [1.54, 1.807) is 30.5 Å². The van der Waals surface area contributed by atoms with Crippen LogP contribution in [-0.4, -0.2) is 36.3 Å². The van der Waals surface area contributed by atoms with Crippen LogP contribution in [0.2, 0.25) is 0 Å². The molecular formula is C19H21N2O3+. The number of hydrogen-bond acceptors (Lipinski definition) is 3. The second-order valence-electron chi connectivity index (χ2n) is 6.55. The number of imide groups is 1. The molecule has 0 unspecified atom stereocenters. The van der Waals surface area contributed by atoms with Gasteiger partial charge in [-0.25, -0.2) is 0 Å². The molecule has 1 saturated heterocycles. The van der Waals surface area contributed by atoms with Crippen molar-refractivity contribution >= 4 is 11.8 Å². The first-order chi connectivity index (χ1) is 11.8. The third-order valence-corrected chi connectivity index (χ3v) is 5.12. The molecule has 0 spiro atoms. The minimum Gasteiger partial charge on any atom is -0.463 e. The van der Waals surface area contributed by atoms with Crippen molar-refractivity contribution in [3.8, 4) is 0 Å². The summed E-state index contributed by atoms with van der Waals surface area (Å²) in [7, 11) is 0. The second-order valence-corrected chi connectivity index (χ2v) is 6.55. The van der Waals surface area contributed by atoms with Gasteiger partial charge in [-0.2, -0.15) is 0 Å². The van der Waals surface area contributed by atoms with Gasteiger partial charge < -0.3 is 9.32 Å². The number of amides is 2. The topological polar surface area (TPSA) is 55.0 Å². The summed E-state index contributed by atoms with van der Waals surface area (Å²) in [4.78, 5) is 28.1. The molecule has 2 amide bonds. The van der Waals surface area contributed by atoms with Gasteiger partial charge in [0, 0.05) is 0 Å². The Morgan fingerprint density at radius 2 is 1.62 bits per heavy atom. The third kappa shape index (κ3) is 2.55. The average molecular weight is 325 g/mol. The van der Waals surface area contributed by atoms with E-state index in [1.807, 2.05) is 12.1 Å². The van der Waals surface area contributed by atoms with E-state index in [-0.39, 0.29) is 17.9 Å². The highest BCUT2D eigenvalue weighted by Gasteiger charge is 2.40. The van der Waals surface area contributed by atoms with Crippen molar-refractivity contribution in [3.05, 3.63) is 59.5 Å². The zero-order valence-electron chi connectivity index (χ0n) is 13.5. The maximum atomic E-state index is 12.7. The highest BCUT2D eigenvalue weighted by atomic mass is 16.3. The molecule has 0 radical (unpaired) electrons. The summed E-state index contributed by atoms with van der Waals surface area (Å²) < 4.78 is 5.64. The van der Waals surface area contributed by atoms with E-state index in [4.69, 9.17) is 4.42 Å². The van der Waals surface area contributed by atoms with E-state index in [9.17, 15) is 9.59 Å². The molecule has 2 aliphatic rings. The second kappa shape index (κ2) is 6.24. The van der Waals surface area contributed by atoms with Crippen molar-refractivity contribution in [1.29, 1.82) is 0 Å². The van der Waals surface area contributed by atoms with Gasteiger partial charge in [-0.1, -0.05) is 12.1 Å². The fourth-order valence-electron chi connectivity index (χ4n) is 3.85. The monoisotopic (exact) mass is 325 g/mol. The van der Waals surface area contributed by atoms with Crippen LogP contribution in [-0.2, 0) is 0 Å². The van der Waals surface area contributed by atoms with E-state index in [0.29, 0.717) is 17.7 Å². The molecule has 0 bridgehead atoms. The molecule has 3 heterocycles. The SMILES string of the molecule is O=C1c2ccccc2C(=O)N1C[C@@H](c1ccco1)[NH+]1CCCCC1. The maximum Gasteiger partial charge on any atom is 0.261 e. The highest BCUT2D eigenvalue weighted by Crippen LogP contribution is 2.25. The normalized spacial score (nSPS) is 19.6. The van der Waals surface area contributed by atoms with Crippen LogP contribution < -0.4 is 4.90 Å². The Bertz CT molecular complexity index is 713. The minimum absolute atomic E-state index is 0.00233. The number of carbonyl (C=O) groups excluding carboxylic acids is 2. The summed E-state index contributed by atoms with van der Waals surface area (Å²) >= 11 is 0. The maximum absolute atomic E-state index is 12.7.